The number of imidazole rings is 1. The van der Waals surface area contributed by atoms with Gasteiger partial charge in [-0.25, -0.2) is 22.9 Å². The van der Waals surface area contributed by atoms with Gasteiger partial charge in [0.05, 0.1) is 30.5 Å². The molecule has 8 nitrogen and oxygen atoms in total. The van der Waals surface area contributed by atoms with Crippen molar-refractivity contribution in [1.82, 2.24) is 19.8 Å². The molecule has 1 aliphatic heterocycles. The molecular formula is C26H26F6N4O4. The van der Waals surface area contributed by atoms with Crippen molar-refractivity contribution < 1.29 is 45.1 Å². The van der Waals surface area contributed by atoms with E-state index in [-0.39, 0.29) is 36.6 Å². The minimum Gasteiger partial charge on any atom is -0.472 e. The maximum Gasteiger partial charge on any atom is 0.449 e. The van der Waals surface area contributed by atoms with Crippen LogP contribution in [0.3, 0.4) is 0 Å². The van der Waals surface area contributed by atoms with E-state index in [0.717, 1.165) is 4.57 Å². The maximum absolute atomic E-state index is 14.4. The summed E-state index contributed by atoms with van der Waals surface area (Å²) in [5, 5.41) is 2.46. The Morgan fingerprint density at radius 3 is 2.42 bits per heavy atom. The van der Waals surface area contributed by atoms with Crippen LogP contribution in [0.15, 0.2) is 35.1 Å². The highest BCUT2D eigenvalue weighted by molar-refractivity contribution is 5.78. The molecule has 0 bridgehead atoms. The van der Waals surface area contributed by atoms with Crippen molar-refractivity contribution >= 4 is 12.0 Å². The number of nitrogens with one attached hydrogen (secondary N) is 1. The van der Waals surface area contributed by atoms with E-state index in [1.807, 2.05) is 0 Å². The monoisotopic (exact) mass is 572 g/mol. The number of nitrogens with zero attached hydrogens (tertiary/aromatic N) is 3. The Labute approximate surface area is 224 Å². The Hall–Kier alpha value is -3.97. The fraction of sp³-hybridized carbons (Fsp3) is 0.423. The van der Waals surface area contributed by atoms with Crippen LogP contribution in [-0.4, -0.2) is 44.6 Å². The quantitative estimate of drug-likeness (QED) is 0.314. The number of carbonyl (C=O) groups excluding carboxylic acids is 2. The van der Waals surface area contributed by atoms with E-state index in [1.165, 1.54) is 23.5 Å². The van der Waals surface area contributed by atoms with Crippen molar-refractivity contribution in [3.8, 4) is 11.3 Å². The number of benzene rings is 1. The van der Waals surface area contributed by atoms with Gasteiger partial charge in [-0.2, -0.15) is 13.2 Å². The Kier molecular flexibility index (Phi) is 7.90. The molecule has 2 amide bonds. The Morgan fingerprint density at radius 2 is 1.80 bits per heavy atom. The van der Waals surface area contributed by atoms with Gasteiger partial charge in [-0.05, 0) is 44.9 Å². The molecule has 0 saturated carbocycles. The molecule has 0 spiro atoms. The molecule has 3 heterocycles. The molecule has 1 aromatic carbocycles. The van der Waals surface area contributed by atoms with Gasteiger partial charge in [0.1, 0.15) is 11.4 Å². The Morgan fingerprint density at radius 1 is 1.10 bits per heavy atom. The normalized spacial score (nSPS) is 14.6. The molecule has 1 aliphatic rings. The van der Waals surface area contributed by atoms with Gasteiger partial charge in [0.2, 0.25) is 11.7 Å². The number of hydrogen-bond acceptors (Lipinski definition) is 5. The average Bonchev–Trinajstić information content (AvgIpc) is 3.48. The number of rotatable bonds is 6. The molecule has 1 atom stereocenters. The number of halogens is 6. The number of amides is 2. The Balaban J connectivity index is 1.58. The lowest BCUT2D eigenvalue weighted by Gasteiger charge is -2.31. The molecular weight excluding hydrogens is 546 g/mol. The second-order valence-electron chi connectivity index (χ2n) is 10.3. The molecule has 1 unspecified atom stereocenters. The summed E-state index contributed by atoms with van der Waals surface area (Å²) < 4.78 is 93.8. The zero-order chi connectivity index (χ0) is 29.4. The number of ether oxygens (including phenoxy) is 1. The molecule has 14 heteroatoms. The first-order valence-corrected chi connectivity index (χ1v) is 12.2. The summed E-state index contributed by atoms with van der Waals surface area (Å²) in [7, 11) is 0. The first kappa shape index (κ1) is 29.0. The number of aromatic nitrogens is 2. The lowest BCUT2D eigenvalue weighted by atomic mass is 10.0. The summed E-state index contributed by atoms with van der Waals surface area (Å²) in [5.41, 5.74) is -0.757. The first-order chi connectivity index (χ1) is 18.6. The molecule has 216 valence electrons. The topological polar surface area (TPSA) is 89.6 Å². The van der Waals surface area contributed by atoms with Gasteiger partial charge in [0, 0.05) is 37.2 Å². The number of furan rings is 1. The zero-order valence-electron chi connectivity index (χ0n) is 21.7. The molecule has 0 radical (unpaired) electrons. The standard InChI is InChI=1S/C26H26F6N4O4/c1-25(2,3)40-24(38)33-16(8-15-9-18(28)19(29)11-17(15)27)10-21(37)35-5-6-36-20(12-35)22(14-4-7-39-13-14)34-23(36)26(30,31)32/h4,7,9,11,13,16H,5-6,8,10,12H2,1-3H3,(H,33,38). The van der Waals surface area contributed by atoms with E-state index in [2.05, 4.69) is 10.3 Å². The van der Waals surface area contributed by atoms with Crippen LogP contribution < -0.4 is 5.32 Å². The minimum absolute atomic E-state index is 0.00543. The van der Waals surface area contributed by atoms with Gasteiger partial charge in [-0.3, -0.25) is 4.79 Å². The second kappa shape index (κ2) is 10.9. The smallest absolute Gasteiger partial charge is 0.449 e. The van der Waals surface area contributed by atoms with E-state index in [4.69, 9.17) is 9.15 Å². The number of fused-ring (bicyclic) bond motifs is 1. The predicted molar refractivity (Wildman–Crippen MR) is 128 cm³/mol. The molecule has 0 fully saturated rings. The van der Waals surface area contributed by atoms with Gasteiger partial charge in [-0.1, -0.05) is 0 Å². The van der Waals surface area contributed by atoms with E-state index in [9.17, 15) is 35.9 Å². The number of alkyl carbamates (subject to hydrolysis) is 1. The Bertz CT molecular complexity index is 1400. The van der Waals surface area contributed by atoms with Gasteiger partial charge >= 0.3 is 12.3 Å². The van der Waals surface area contributed by atoms with Crippen molar-refractivity contribution in [1.29, 1.82) is 0 Å². The highest BCUT2D eigenvalue weighted by Gasteiger charge is 2.41. The summed E-state index contributed by atoms with van der Waals surface area (Å²) in [6, 6.07) is 1.32. The van der Waals surface area contributed by atoms with E-state index >= 15 is 0 Å². The van der Waals surface area contributed by atoms with Gasteiger partial charge in [-0.15, -0.1) is 0 Å². The largest absolute Gasteiger partial charge is 0.472 e. The number of alkyl halides is 3. The maximum atomic E-state index is 14.4. The summed E-state index contributed by atoms with van der Waals surface area (Å²) in [4.78, 5) is 30.8. The summed E-state index contributed by atoms with van der Waals surface area (Å²) in [6.07, 6.45) is -3.97. The van der Waals surface area contributed by atoms with Gasteiger partial charge < -0.3 is 23.9 Å². The van der Waals surface area contributed by atoms with Crippen LogP contribution in [0.25, 0.3) is 11.3 Å². The molecule has 1 N–H and O–H groups in total. The van der Waals surface area contributed by atoms with Crippen LogP contribution in [-0.2, 0) is 35.2 Å². The van der Waals surface area contributed by atoms with E-state index in [1.54, 1.807) is 20.8 Å². The minimum atomic E-state index is -4.74. The number of carbonyl (C=O) groups is 2. The number of hydrogen-bond donors (Lipinski definition) is 1. The molecule has 0 aliphatic carbocycles. The van der Waals surface area contributed by atoms with Crippen LogP contribution in [0.2, 0.25) is 0 Å². The summed E-state index contributed by atoms with van der Waals surface area (Å²) in [5.74, 6) is -5.47. The van der Waals surface area contributed by atoms with Crippen molar-refractivity contribution in [2.75, 3.05) is 6.54 Å². The highest BCUT2D eigenvalue weighted by atomic mass is 19.4. The van der Waals surface area contributed by atoms with Crippen molar-refractivity contribution in [2.24, 2.45) is 0 Å². The molecule has 2 aromatic heterocycles. The third-order valence-corrected chi connectivity index (χ3v) is 6.11. The van der Waals surface area contributed by atoms with Gasteiger partial charge in [0.25, 0.3) is 0 Å². The second-order valence-corrected chi connectivity index (χ2v) is 10.3. The fourth-order valence-electron chi connectivity index (χ4n) is 4.40. The SMILES string of the molecule is CC(C)(C)OC(=O)NC(CC(=O)N1CCn2c(C(F)(F)F)nc(-c3ccoc3)c2C1)Cc1cc(F)c(F)cc1F. The van der Waals surface area contributed by atoms with Crippen LogP contribution in [0.1, 0.15) is 44.3 Å². The molecule has 40 heavy (non-hydrogen) atoms. The lowest BCUT2D eigenvalue weighted by Crippen LogP contribution is -2.45. The van der Waals surface area contributed by atoms with Crippen molar-refractivity contribution in [3.63, 3.8) is 0 Å². The summed E-state index contributed by atoms with van der Waals surface area (Å²) in [6.45, 7) is 4.26. The van der Waals surface area contributed by atoms with Gasteiger partial charge in [0.15, 0.2) is 11.6 Å². The van der Waals surface area contributed by atoms with Crippen LogP contribution in [0, 0.1) is 17.5 Å². The predicted octanol–water partition coefficient (Wildman–Crippen LogP) is 5.45. The molecule has 4 rings (SSSR count). The summed E-state index contributed by atoms with van der Waals surface area (Å²) >= 11 is 0. The lowest BCUT2D eigenvalue weighted by molar-refractivity contribution is -0.148. The molecule has 0 saturated heterocycles. The van der Waals surface area contributed by atoms with Crippen molar-refractivity contribution in [3.05, 3.63) is 65.3 Å². The highest BCUT2D eigenvalue weighted by Crippen LogP contribution is 2.36. The average molecular weight is 573 g/mol. The van der Waals surface area contributed by atoms with Crippen LogP contribution in [0.5, 0.6) is 0 Å². The van der Waals surface area contributed by atoms with E-state index < -0.39 is 65.9 Å². The third-order valence-electron chi connectivity index (χ3n) is 6.11. The first-order valence-electron chi connectivity index (χ1n) is 12.2. The van der Waals surface area contributed by atoms with Crippen molar-refractivity contribution in [2.45, 2.75) is 64.5 Å². The fourth-order valence-corrected chi connectivity index (χ4v) is 4.40. The molecule has 3 aromatic rings. The van der Waals surface area contributed by atoms with Crippen LogP contribution in [0.4, 0.5) is 31.1 Å². The van der Waals surface area contributed by atoms with E-state index in [0.29, 0.717) is 17.7 Å². The zero-order valence-corrected chi connectivity index (χ0v) is 21.7. The van der Waals surface area contributed by atoms with Crippen LogP contribution >= 0.6 is 0 Å². The third kappa shape index (κ3) is 6.59.